The van der Waals surface area contributed by atoms with Crippen LogP contribution in [-0.4, -0.2) is 36.5 Å². The molecule has 4 atom stereocenters. The van der Waals surface area contributed by atoms with Crippen LogP contribution in [0.2, 0.25) is 13.1 Å². The lowest BCUT2D eigenvalue weighted by molar-refractivity contribution is -0.137. The van der Waals surface area contributed by atoms with Gasteiger partial charge in [0, 0.05) is 5.41 Å². The summed E-state index contributed by atoms with van der Waals surface area (Å²) >= 11 is 0. The minimum absolute atomic E-state index is 0.0135. The maximum atomic E-state index is 9.85. The van der Waals surface area contributed by atoms with Crippen LogP contribution in [-0.2, 0) is 8.85 Å². The Kier molecular flexibility index (Phi) is 10.2. The first kappa shape index (κ1) is 27.8. The summed E-state index contributed by atoms with van der Waals surface area (Å²) in [4.78, 5) is 0. The highest BCUT2D eigenvalue weighted by molar-refractivity contribution is 6.26. The van der Waals surface area contributed by atoms with Crippen molar-refractivity contribution in [2.24, 2.45) is 28.6 Å². The highest BCUT2D eigenvalue weighted by Gasteiger charge is 2.52. The predicted molar refractivity (Wildman–Crippen MR) is 143 cm³/mol. The summed E-state index contributed by atoms with van der Waals surface area (Å²) in [6.07, 6.45) is 18.2. The van der Waals surface area contributed by atoms with Crippen LogP contribution < -0.4 is 0 Å². The minimum atomic E-state index is -0.752. The molecule has 0 spiro atoms. The number of rotatable bonds is 11. The molecule has 0 amide bonds. The van der Waals surface area contributed by atoms with Gasteiger partial charge in [-0.2, -0.15) is 0 Å². The van der Waals surface area contributed by atoms with Crippen LogP contribution in [0, 0.1) is 28.6 Å². The largest absolute Gasteiger partial charge is 0.400 e. The summed E-state index contributed by atoms with van der Waals surface area (Å²) in [7, 11) is -1.00. The van der Waals surface area contributed by atoms with Crippen LogP contribution >= 0.6 is 0 Å². The zero-order chi connectivity index (χ0) is 24.0. The number of fused-ring (bicyclic) bond motifs is 1. The molecule has 3 nitrogen and oxygen atoms in total. The average Bonchev–Trinajstić information content (AvgIpc) is 2.71. The number of hydrogen-bond donors (Lipinski definition) is 1. The van der Waals surface area contributed by atoms with E-state index in [2.05, 4.69) is 59.0 Å². The Balaban J connectivity index is 2.19. The van der Waals surface area contributed by atoms with Crippen LogP contribution in [0.5, 0.6) is 0 Å². The van der Waals surface area contributed by atoms with Crippen molar-refractivity contribution in [3.05, 3.63) is 36.0 Å². The molecule has 0 heterocycles. The van der Waals surface area contributed by atoms with Crippen molar-refractivity contribution in [2.45, 2.75) is 105 Å². The maximum absolute atomic E-state index is 9.85. The summed E-state index contributed by atoms with van der Waals surface area (Å²) in [6.45, 7) is 17.9. The van der Waals surface area contributed by atoms with Gasteiger partial charge in [0.05, 0.1) is 5.60 Å². The number of hydrogen-bond acceptors (Lipinski definition) is 3. The van der Waals surface area contributed by atoms with E-state index in [1.807, 2.05) is 12.2 Å². The molecule has 0 aromatic carbocycles. The molecular formula is C27H50O3Si2. The minimum Gasteiger partial charge on any atom is -0.400 e. The first-order valence-corrected chi connectivity index (χ1v) is 17.0. The smallest absolute Gasteiger partial charge is 0.161 e. The van der Waals surface area contributed by atoms with Gasteiger partial charge in [-0.25, -0.2) is 0 Å². The molecule has 5 heteroatoms. The molecule has 0 radical (unpaired) electrons. The molecule has 1 saturated carbocycles. The lowest BCUT2D eigenvalue weighted by atomic mass is 9.50. The van der Waals surface area contributed by atoms with E-state index >= 15 is 0 Å². The SMILES string of the molecule is C[SiH2]OC(O[SiH2]C)C(C)(C)[C@H]1CCC[C@@]2(C)C([C@H](C)C/C=C/C=C/C(C)(C)O)=CCC[C@H]12. The topological polar surface area (TPSA) is 38.7 Å². The second kappa shape index (κ2) is 11.8. The molecule has 1 N–H and O–H groups in total. The third-order valence-electron chi connectivity index (χ3n) is 7.99. The second-order valence-corrected chi connectivity index (χ2v) is 13.2. The van der Waals surface area contributed by atoms with Gasteiger partial charge in [-0.05, 0) is 69.1 Å². The first-order valence-electron chi connectivity index (χ1n) is 13.0. The van der Waals surface area contributed by atoms with Crippen LogP contribution in [0.15, 0.2) is 36.0 Å². The van der Waals surface area contributed by atoms with E-state index in [-0.39, 0.29) is 17.1 Å². The molecule has 0 unspecified atom stereocenters. The Morgan fingerprint density at radius 1 is 1.16 bits per heavy atom. The normalized spacial score (nSPS) is 30.0. The molecule has 0 aromatic heterocycles. The molecule has 1 fully saturated rings. The number of allylic oxidation sites excluding steroid dienone is 5. The average molecular weight is 479 g/mol. The lowest BCUT2D eigenvalue weighted by Crippen LogP contribution is -2.51. The van der Waals surface area contributed by atoms with E-state index in [1.165, 1.54) is 32.1 Å². The van der Waals surface area contributed by atoms with Crippen molar-refractivity contribution in [1.29, 1.82) is 0 Å². The van der Waals surface area contributed by atoms with E-state index in [1.54, 1.807) is 19.4 Å². The van der Waals surface area contributed by atoms with Gasteiger partial charge in [0.2, 0.25) is 0 Å². The fourth-order valence-corrected chi connectivity index (χ4v) is 8.29. The van der Waals surface area contributed by atoms with Crippen LogP contribution in [0.25, 0.3) is 0 Å². The quantitative estimate of drug-likeness (QED) is 0.179. The van der Waals surface area contributed by atoms with E-state index < -0.39 is 25.1 Å². The molecule has 2 aliphatic rings. The van der Waals surface area contributed by atoms with Gasteiger partial charge in [0.25, 0.3) is 0 Å². The van der Waals surface area contributed by atoms with Crippen molar-refractivity contribution in [2.75, 3.05) is 0 Å². The van der Waals surface area contributed by atoms with Crippen molar-refractivity contribution < 1.29 is 14.0 Å². The van der Waals surface area contributed by atoms with E-state index in [0.717, 1.165) is 6.42 Å². The van der Waals surface area contributed by atoms with Gasteiger partial charge in [0.15, 0.2) is 19.5 Å². The standard InChI is InChI=1S/C27H50O3Si2/c1-20(14-10-9-11-18-25(2,3)28)21-15-12-16-23-22(17-13-19-27(21,23)6)26(4,5)24(29-31-7)30-32-8/h9-11,15,18,20,22-24,28H,12-14,16-17,19,31-32H2,1-8H3/b10-9+,18-11+/t20-,22+,23-,27+/m1/s1. The highest BCUT2D eigenvalue weighted by atomic mass is 28.2. The number of aliphatic hydroxyl groups is 1. The van der Waals surface area contributed by atoms with Gasteiger partial charge in [-0.1, -0.05) is 83.2 Å². The van der Waals surface area contributed by atoms with Crippen molar-refractivity contribution in [3.63, 3.8) is 0 Å². The third kappa shape index (κ3) is 6.78. The molecule has 0 saturated heterocycles. The fraction of sp³-hybridized carbons (Fsp3) is 0.778. The Labute approximate surface area is 203 Å². The molecular weight excluding hydrogens is 428 g/mol. The molecule has 184 valence electrons. The van der Waals surface area contributed by atoms with E-state index in [0.29, 0.717) is 17.8 Å². The summed E-state index contributed by atoms with van der Waals surface area (Å²) in [5.74, 6) is 1.90. The molecule has 32 heavy (non-hydrogen) atoms. The van der Waals surface area contributed by atoms with Crippen molar-refractivity contribution >= 4 is 19.5 Å². The summed E-state index contributed by atoms with van der Waals surface area (Å²) in [5.41, 5.74) is 1.27. The van der Waals surface area contributed by atoms with Crippen LogP contribution in [0.4, 0.5) is 0 Å². The van der Waals surface area contributed by atoms with E-state index in [4.69, 9.17) is 8.85 Å². The molecule has 0 aromatic rings. The summed E-state index contributed by atoms with van der Waals surface area (Å²) in [5, 5.41) is 9.85. The van der Waals surface area contributed by atoms with Gasteiger partial charge in [-0.15, -0.1) is 0 Å². The Morgan fingerprint density at radius 3 is 2.41 bits per heavy atom. The second-order valence-electron chi connectivity index (χ2n) is 11.4. The van der Waals surface area contributed by atoms with Gasteiger partial charge in [-0.3, -0.25) is 0 Å². The maximum Gasteiger partial charge on any atom is 0.161 e. The fourth-order valence-electron chi connectivity index (χ4n) is 6.44. The van der Waals surface area contributed by atoms with Crippen molar-refractivity contribution in [3.8, 4) is 0 Å². The molecule has 2 aliphatic carbocycles. The Bertz CT molecular complexity index is 671. The predicted octanol–water partition coefficient (Wildman–Crippen LogP) is 5.69. The highest BCUT2D eigenvalue weighted by Crippen LogP contribution is 2.59. The van der Waals surface area contributed by atoms with Crippen molar-refractivity contribution in [1.82, 2.24) is 0 Å². The summed E-state index contributed by atoms with van der Waals surface area (Å²) < 4.78 is 12.6. The summed E-state index contributed by atoms with van der Waals surface area (Å²) in [6, 6.07) is 0. The Hall–Kier alpha value is -0.466. The van der Waals surface area contributed by atoms with E-state index in [9.17, 15) is 5.11 Å². The van der Waals surface area contributed by atoms with Gasteiger partial charge in [0.1, 0.15) is 6.29 Å². The molecule has 0 aliphatic heterocycles. The zero-order valence-corrected chi connectivity index (χ0v) is 24.9. The van der Waals surface area contributed by atoms with Gasteiger partial charge >= 0.3 is 0 Å². The van der Waals surface area contributed by atoms with Crippen LogP contribution in [0.1, 0.15) is 80.1 Å². The Morgan fingerprint density at radius 2 is 1.81 bits per heavy atom. The third-order valence-corrected chi connectivity index (χ3v) is 9.26. The molecule has 2 rings (SSSR count). The molecule has 0 bridgehead atoms. The zero-order valence-electron chi connectivity index (χ0n) is 22.1. The van der Waals surface area contributed by atoms with Gasteiger partial charge < -0.3 is 14.0 Å². The first-order chi connectivity index (χ1) is 15.0. The van der Waals surface area contributed by atoms with Crippen LogP contribution in [0.3, 0.4) is 0 Å². The lowest BCUT2D eigenvalue weighted by Gasteiger charge is -2.56. The monoisotopic (exact) mass is 478 g/mol.